The van der Waals surface area contributed by atoms with Gasteiger partial charge in [0.15, 0.2) is 12.6 Å². The van der Waals surface area contributed by atoms with Crippen LogP contribution < -0.4 is 0 Å². The topological polar surface area (TPSA) is 233 Å². The minimum atomic E-state index is -3.04. The highest BCUT2D eigenvalue weighted by Gasteiger charge is 2.85. The zero-order valence-electron chi connectivity index (χ0n) is 28.3. The lowest BCUT2D eigenvalue weighted by molar-refractivity contribution is -0.316. The minimum Gasteiger partial charge on any atom is -0.387 e. The van der Waals surface area contributed by atoms with Crippen LogP contribution in [0.15, 0.2) is 0 Å². The van der Waals surface area contributed by atoms with Gasteiger partial charge in [-0.25, -0.2) is 0 Å². The quantitative estimate of drug-likeness (QED) is 0.0954. The second-order valence-corrected chi connectivity index (χ2v) is 17.5. The van der Waals surface area contributed by atoms with Gasteiger partial charge in [-0.1, -0.05) is 0 Å². The predicted octanol–water partition coefficient (Wildman–Crippen LogP) is -0.883. The molecule has 16 unspecified atom stereocenters. The summed E-state index contributed by atoms with van der Waals surface area (Å²) in [7, 11) is -1.33. The Morgan fingerprint density at radius 3 is 2.02 bits per heavy atom. The Labute approximate surface area is 291 Å². The van der Waals surface area contributed by atoms with Crippen molar-refractivity contribution in [3.05, 3.63) is 0 Å². The summed E-state index contributed by atoms with van der Waals surface area (Å²) in [6, 6.07) is 0. The Bertz CT molecular complexity index is 1290. The van der Waals surface area contributed by atoms with E-state index in [0.717, 1.165) is 44.9 Å². The van der Waals surface area contributed by atoms with Gasteiger partial charge in [0, 0.05) is 17.9 Å². The molecular weight excluding hydrogens is 683 g/mol. The number of hydrogen-bond acceptors (Lipinski definition) is 15. The summed E-state index contributed by atoms with van der Waals surface area (Å²) in [5.74, 6) is 0.173. The van der Waals surface area contributed by atoms with E-state index >= 15 is 0 Å². The lowest BCUT2D eigenvalue weighted by atomic mass is 9.84. The Morgan fingerprint density at radius 2 is 1.36 bits per heavy atom. The van der Waals surface area contributed by atoms with E-state index in [9.17, 15) is 35.2 Å². The minimum absolute atomic E-state index is 0.0144. The number of hydrogen-bond donors (Lipinski definition) is 7. The molecule has 0 spiro atoms. The van der Waals surface area contributed by atoms with Crippen LogP contribution in [0.4, 0.5) is 0 Å². The van der Waals surface area contributed by atoms with Crippen molar-refractivity contribution in [1.29, 1.82) is 0 Å². The molecule has 0 aromatic rings. The summed E-state index contributed by atoms with van der Waals surface area (Å²) in [5, 5.41) is 63.9. The van der Waals surface area contributed by atoms with Crippen LogP contribution in [0.5, 0.6) is 0 Å². The molecule has 16 nitrogen and oxygen atoms in total. The molecular formula is C33H53O16P. The van der Waals surface area contributed by atoms with Crippen molar-refractivity contribution in [2.24, 2.45) is 22.2 Å². The van der Waals surface area contributed by atoms with Crippen LogP contribution in [0.3, 0.4) is 0 Å². The van der Waals surface area contributed by atoms with Crippen LogP contribution >= 0.6 is 8.25 Å². The van der Waals surface area contributed by atoms with Gasteiger partial charge in [-0.15, -0.1) is 0 Å². The van der Waals surface area contributed by atoms with Crippen LogP contribution in [-0.4, -0.2) is 154 Å². The maximum absolute atomic E-state index is 11.1. The summed E-state index contributed by atoms with van der Waals surface area (Å²) >= 11 is 0. The number of aliphatic hydroxyl groups is 6. The third-order valence-electron chi connectivity index (χ3n) is 13.8. The fourth-order valence-corrected chi connectivity index (χ4v) is 11.0. The van der Waals surface area contributed by atoms with E-state index in [-0.39, 0.29) is 53.7 Å². The first-order chi connectivity index (χ1) is 23.8. The average Bonchev–Trinajstić information content (AvgIpc) is 3.86. The molecule has 16 atom stereocenters. The third-order valence-corrected chi connectivity index (χ3v) is 14.3. The first kappa shape index (κ1) is 36.6. The first-order valence-corrected chi connectivity index (χ1v) is 19.3. The molecule has 0 aromatic carbocycles. The van der Waals surface area contributed by atoms with Gasteiger partial charge in [0.1, 0.15) is 48.8 Å². The lowest BCUT2D eigenvalue weighted by Gasteiger charge is -2.42. The van der Waals surface area contributed by atoms with Gasteiger partial charge in [-0.2, -0.15) is 0 Å². The smallest absolute Gasteiger partial charge is 0.317 e. The Morgan fingerprint density at radius 1 is 0.720 bits per heavy atom. The molecule has 286 valence electrons. The summed E-state index contributed by atoms with van der Waals surface area (Å²) in [4.78, 5) is 9.11. The molecule has 8 aliphatic rings. The number of fused-ring (bicyclic) bond motifs is 4. The van der Waals surface area contributed by atoms with Gasteiger partial charge in [0.2, 0.25) is 0 Å². The number of ether oxygens (including phenoxy) is 7. The second-order valence-electron chi connectivity index (χ2n) is 16.8. The van der Waals surface area contributed by atoms with Crippen molar-refractivity contribution in [2.75, 3.05) is 40.1 Å². The molecule has 8 fully saturated rings. The molecule has 0 radical (unpaired) electrons. The first-order valence-electron chi connectivity index (χ1n) is 18.1. The Hall–Kier alpha value is -0.370. The Kier molecular flexibility index (Phi) is 9.62. The standard InChI is InChI=1S/C33H53O16P/c1-42-32-5-2-4-30(32,11-32)16-45-27-25(38)23(36)21(34)19(47-27)9-43-14-29-6-3-17(7-29)18(8-29)46-28-26(39)24(37)22(35)20(48-28)10-44-15-31-12-33(31,13-31)49-50(40)41/h17-28,34-39,50H,2-16H2,1H3,(H,40,41). The van der Waals surface area contributed by atoms with Crippen molar-refractivity contribution in [2.45, 2.75) is 143 Å². The predicted molar refractivity (Wildman–Crippen MR) is 168 cm³/mol. The maximum Gasteiger partial charge on any atom is 0.317 e. The zero-order chi connectivity index (χ0) is 35.3. The number of aliphatic hydroxyl groups excluding tert-OH is 6. The fourth-order valence-electron chi connectivity index (χ4n) is 10.3. The molecule has 6 saturated carbocycles. The summed E-state index contributed by atoms with van der Waals surface area (Å²) in [6.45, 7) is 0.867. The van der Waals surface area contributed by atoms with E-state index in [1.165, 1.54) is 0 Å². The SMILES string of the molecule is COC12CCCC1(COC1OC(COCC34CCC(C3)C(OC3OC(COCC56CC5(O[PH](=O)O)C6)C(O)C(O)C3O)C4)C(O)C(O)C1O)C2. The van der Waals surface area contributed by atoms with Gasteiger partial charge in [0.05, 0.1) is 50.3 Å². The van der Waals surface area contributed by atoms with E-state index in [1.807, 2.05) is 0 Å². The highest BCUT2D eigenvalue weighted by Crippen LogP contribution is 2.82. The van der Waals surface area contributed by atoms with Crippen LogP contribution in [0.1, 0.15) is 64.2 Å². The molecule has 2 heterocycles. The molecule has 8 rings (SSSR count). The summed E-state index contributed by atoms with van der Waals surface area (Å²) < 4.78 is 58.1. The van der Waals surface area contributed by atoms with Gasteiger partial charge in [-0.05, 0) is 75.5 Å². The second kappa shape index (κ2) is 13.1. The van der Waals surface area contributed by atoms with Crippen molar-refractivity contribution < 1.29 is 77.8 Å². The highest BCUT2D eigenvalue weighted by atomic mass is 31.1. The van der Waals surface area contributed by atoms with Crippen molar-refractivity contribution >= 4 is 8.25 Å². The average molecular weight is 737 g/mol. The Balaban J connectivity index is 0.806. The van der Waals surface area contributed by atoms with Crippen LogP contribution in [0, 0.1) is 22.2 Å². The monoisotopic (exact) mass is 736 g/mol. The number of methoxy groups -OCH3 is 1. The van der Waals surface area contributed by atoms with Gasteiger partial charge < -0.3 is 73.2 Å². The van der Waals surface area contributed by atoms with E-state index < -0.39 is 75.3 Å². The van der Waals surface area contributed by atoms with Crippen molar-refractivity contribution in [3.8, 4) is 0 Å². The molecule has 0 aromatic heterocycles. The summed E-state index contributed by atoms with van der Waals surface area (Å²) in [6.07, 6.45) is -4.69. The zero-order valence-corrected chi connectivity index (χ0v) is 29.3. The van der Waals surface area contributed by atoms with Gasteiger partial charge in [-0.3, -0.25) is 4.57 Å². The van der Waals surface area contributed by atoms with Gasteiger partial charge in [0.25, 0.3) is 0 Å². The van der Waals surface area contributed by atoms with Crippen LogP contribution in [0.2, 0.25) is 0 Å². The maximum atomic E-state index is 11.1. The van der Waals surface area contributed by atoms with Crippen LogP contribution in [-0.2, 0) is 42.2 Å². The van der Waals surface area contributed by atoms with Crippen molar-refractivity contribution in [3.63, 3.8) is 0 Å². The third kappa shape index (κ3) is 6.16. The molecule has 17 heteroatoms. The van der Waals surface area contributed by atoms with Gasteiger partial charge >= 0.3 is 8.25 Å². The molecule has 0 amide bonds. The van der Waals surface area contributed by atoms with E-state index in [4.69, 9.17) is 42.6 Å². The summed E-state index contributed by atoms with van der Waals surface area (Å²) in [5.41, 5.74) is -1.38. The highest BCUT2D eigenvalue weighted by molar-refractivity contribution is 7.32. The normalized spacial score (nSPS) is 55.1. The molecule has 6 aliphatic carbocycles. The largest absolute Gasteiger partial charge is 0.387 e. The number of rotatable bonds is 16. The van der Waals surface area contributed by atoms with E-state index in [0.29, 0.717) is 32.5 Å². The molecule has 2 saturated heterocycles. The molecule has 50 heavy (non-hydrogen) atoms. The molecule has 7 N–H and O–H groups in total. The van der Waals surface area contributed by atoms with Crippen molar-refractivity contribution in [1.82, 2.24) is 0 Å². The van der Waals surface area contributed by atoms with E-state index in [1.54, 1.807) is 7.11 Å². The van der Waals surface area contributed by atoms with Crippen LogP contribution in [0.25, 0.3) is 0 Å². The van der Waals surface area contributed by atoms with E-state index in [2.05, 4.69) is 0 Å². The lowest BCUT2D eigenvalue weighted by Crippen LogP contribution is -2.60. The molecule has 2 bridgehead atoms. The molecule has 2 aliphatic heterocycles. The fraction of sp³-hybridized carbons (Fsp3) is 1.00.